The number of anilines is 2. The molecule has 3 aromatic rings. The topological polar surface area (TPSA) is 60.0 Å². The first kappa shape index (κ1) is 21.7. The van der Waals surface area contributed by atoms with E-state index in [1.807, 2.05) is 0 Å². The van der Waals surface area contributed by atoms with Gasteiger partial charge in [-0.05, 0) is 60.2 Å². The lowest BCUT2D eigenvalue weighted by Crippen LogP contribution is -2.30. The molecule has 1 amide bonds. The fourth-order valence-electron chi connectivity index (χ4n) is 3.92. The van der Waals surface area contributed by atoms with E-state index in [9.17, 15) is 18.0 Å². The highest BCUT2D eigenvalue weighted by atomic mass is 19.4. The molecular formula is C25H19F3N2O4. The van der Waals surface area contributed by atoms with E-state index in [4.69, 9.17) is 14.2 Å². The summed E-state index contributed by atoms with van der Waals surface area (Å²) < 4.78 is 55.1. The van der Waals surface area contributed by atoms with Gasteiger partial charge in [-0.15, -0.1) is 0 Å². The Morgan fingerprint density at radius 2 is 1.68 bits per heavy atom. The Morgan fingerprint density at radius 1 is 0.971 bits per heavy atom. The molecule has 34 heavy (non-hydrogen) atoms. The molecule has 0 aromatic heterocycles. The first-order valence-corrected chi connectivity index (χ1v) is 10.4. The van der Waals surface area contributed by atoms with Crippen molar-refractivity contribution in [3.8, 4) is 17.2 Å². The Labute approximate surface area is 193 Å². The van der Waals surface area contributed by atoms with Gasteiger partial charge in [0.05, 0.1) is 18.7 Å². The van der Waals surface area contributed by atoms with Crippen molar-refractivity contribution < 1.29 is 32.2 Å². The summed E-state index contributed by atoms with van der Waals surface area (Å²) in [5.74, 6) is 1.46. The number of amides is 1. The number of hydrogen-bond donors (Lipinski definition) is 1. The Morgan fingerprint density at radius 3 is 2.35 bits per heavy atom. The van der Waals surface area contributed by atoms with Crippen LogP contribution in [0.25, 0.3) is 0 Å². The molecule has 1 unspecified atom stereocenters. The maximum absolute atomic E-state index is 13.4. The third kappa shape index (κ3) is 4.00. The van der Waals surface area contributed by atoms with Crippen LogP contribution in [0.2, 0.25) is 0 Å². The van der Waals surface area contributed by atoms with Crippen LogP contribution in [0, 0.1) is 0 Å². The van der Waals surface area contributed by atoms with Crippen LogP contribution in [-0.4, -0.2) is 19.8 Å². The summed E-state index contributed by atoms with van der Waals surface area (Å²) >= 11 is 0. The largest absolute Gasteiger partial charge is 0.497 e. The second-order valence-corrected chi connectivity index (χ2v) is 7.71. The predicted molar refractivity (Wildman–Crippen MR) is 119 cm³/mol. The molecular weight excluding hydrogens is 449 g/mol. The second-order valence-electron chi connectivity index (χ2n) is 7.71. The number of carbonyl (C=O) groups is 1. The molecule has 6 nitrogen and oxygen atoms in total. The van der Waals surface area contributed by atoms with Crippen molar-refractivity contribution in [2.45, 2.75) is 12.2 Å². The lowest BCUT2D eigenvalue weighted by molar-refractivity contribution is -0.137. The highest BCUT2D eigenvalue weighted by molar-refractivity contribution is 6.11. The second kappa shape index (κ2) is 8.33. The lowest BCUT2D eigenvalue weighted by Gasteiger charge is -2.25. The number of hydrogen-bond acceptors (Lipinski definition) is 5. The fourth-order valence-corrected chi connectivity index (χ4v) is 3.92. The summed E-state index contributed by atoms with van der Waals surface area (Å²) in [7, 11) is 1.54. The molecule has 0 aliphatic carbocycles. The van der Waals surface area contributed by atoms with Gasteiger partial charge in [-0.2, -0.15) is 13.2 Å². The highest BCUT2D eigenvalue weighted by Crippen LogP contribution is 2.39. The minimum Gasteiger partial charge on any atom is -0.497 e. The van der Waals surface area contributed by atoms with Crippen molar-refractivity contribution in [3.63, 3.8) is 0 Å². The van der Waals surface area contributed by atoms with Crippen molar-refractivity contribution in [3.05, 3.63) is 89.6 Å². The zero-order valence-electron chi connectivity index (χ0n) is 17.9. The van der Waals surface area contributed by atoms with E-state index in [0.29, 0.717) is 39.9 Å². The molecule has 0 radical (unpaired) electrons. The number of methoxy groups -OCH3 is 1. The molecule has 1 N–H and O–H groups in total. The predicted octanol–water partition coefficient (Wildman–Crippen LogP) is 5.53. The normalized spacial score (nSPS) is 17.1. The molecule has 3 aromatic carbocycles. The number of carbonyl (C=O) groups excluding carboxylic acids is 1. The van der Waals surface area contributed by atoms with Crippen LogP contribution in [0.5, 0.6) is 17.2 Å². The average molecular weight is 468 g/mol. The number of rotatable bonds is 5. The van der Waals surface area contributed by atoms with Crippen LogP contribution in [0.1, 0.15) is 17.2 Å². The Kier molecular flexibility index (Phi) is 5.31. The smallest absolute Gasteiger partial charge is 0.416 e. The third-order valence-electron chi connectivity index (χ3n) is 5.63. The molecule has 0 fully saturated rings. The van der Waals surface area contributed by atoms with E-state index in [0.717, 1.165) is 12.1 Å². The number of fused-ring (bicyclic) bond motifs is 1. The van der Waals surface area contributed by atoms with Gasteiger partial charge in [0.1, 0.15) is 11.4 Å². The van der Waals surface area contributed by atoms with Crippen molar-refractivity contribution >= 4 is 17.3 Å². The molecule has 2 aliphatic heterocycles. The van der Waals surface area contributed by atoms with E-state index in [1.165, 1.54) is 24.1 Å². The summed E-state index contributed by atoms with van der Waals surface area (Å²) in [5.41, 5.74) is 1.28. The zero-order valence-corrected chi connectivity index (χ0v) is 17.9. The lowest BCUT2D eigenvalue weighted by atomic mass is 10.0. The van der Waals surface area contributed by atoms with Gasteiger partial charge in [-0.1, -0.05) is 12.1 Å². The van der Waals surface area contributed by atoms with Crippen molar-refractivity contribution in [2.75, 3.05) is 24.1 Å². The summed E-state index contributed by atoms with van der Waals surface area (Å²) in [6.07, 6.45) is -2.75. The first-order chi connectivity index (χ1) is 16.3. The molecule has 5 rings (SSSR count). The number of benzene rings is 3. The van der Waals surface area contributed by atoms with Gasteiger partial charge in [-0.3, -0.25) is 9.69 Å². The number of alkyl halides is 3. The highest BCUT2D eigenvalue weighted by Gasteiger charge is 2.36. The quantitative estimate of drug-likeness (QED) is 0.534. The van der Waals surface area contributed by atoms with Crippen LogP contribution in [0.15, 0.2) is 78.5 Å². The molecule has 2 aliphatic rings. The van der Waals surface area contributed by atoms with Crippen molar-refractivity contribution in [2.24, 2.45) is 0 Å². The maximum atomic E-state index is 13.4. The van der Waals surface area contributed by atoms with Crippen LogP contribution >= 0.6 is 0 Å². The van der Waals surface area contributed by atoms with Gasteiger partial charge in [0.2, 0.25) is 6.79 Å². The van der Waals surface area contributed by atoms with Crippen LogP contribution < -0.4 is 24.4 Å². The van der Waals surface area contributed by atoms with Gasteiger partial charge in [0.15, 0.2) is 11.5 Å². The summed E-state index contributed by atoms with van der Waals surface area (Å²) in [6, 6.07) is 16.3. The van der Waals surface area contributed by atoms with Crippen molar-refractivity contribution in [1.29, 1.82) is 0 Å². The molecule has 0 bridgehead atoms. The van der Waals surface area contributed by atoms with Crippen molar-refractivity contribution in [1.82, 2.24) is 0 Å². The van der Waals surface area contributed by atoms with Gasteiger partial charge >= 0.3 is 6.18 Å². The SMILES string of the molecule is COc1ccc(N2C(=O)C(Nc3ccc4c(c3)OCO4)=CC2c2ccc(C(F)(F)F)cc2)cc1. The summed E-state index contributed by atoms with van der Waals surface area (Å²) in [4.78, 5) is 15.0. The Bertz CT molecular complexity index is 1250. The average Bonchev–Trinajstić information content (AvgIpc) is 3.43. The summed E-state index contributed by atoms with van der Waals surface area (Å²) in [5, 5.41) is 3.11. The van der Waals surface area contributed by atoms with Crippen LogP contribution in [0.4, 0.5) is 24.5 Å². The van der Waals surface area contributed by atoms with Gasteiger partial charge < -0.3 is 19.5 Å². The van der Waals surface area contributed by atoms with Gasteiger partial charge in [0.25, 0.3) is 5.91 Å². The Balaban J connectivity index is 1.50. The van der Waals surface area contributed by atoms with E-state index < -0.39 is 17.8 Å². The van der Waals surface area contributed by atoms with E-state index in [2.05, 4.69) is 5.32 Å². The zero-order chi connectivity index (χ0) is 23.9. The van der Waals surface area contributed by atoms with Crippen LogP contribution in [0.3, 0.4) is 0 Å². The number of nitrogens with zero attached hydrogens (tertiary/aromatic N) is 1. The molecule has 0 saturated carbocycles. The van der Waals surface area contributed by atoms with Gasteiger partial charge in [-0.25, -0.2) is 0 Å². The van der Waals surface area contributed by atoms with E-state index in [1.54, 1.807) is 48.5 Å². The third-order valence-corrected chi connectivity index (χ3v) is 5.63. The minimum absolute atomic E-state index is 0.127. The van der Waals surface area contributed by atoms with E-state index >= 15 is 0 Å². The molecule has 0 spiro atoms. The standard InChI is InChI=1S/C25H19F3N2O4/c1-32-19-9-7-18(8-10-19)30-21(15-2-4-16(5-3-15)25(26,27)28)13-20(24(30)31)29-17-6-11-22-23(12-17)34-14-33-22/h2-13,21,29H,14H2,1H3. The molecule has 2 heterocycles. The number of nitrogens with one attached hydrogen (secondary N) is 1. The first-order valence-electron chi connectivity index (χ1n) is 10.4. The molecule has 0 saturated heterocycles. The summed E-state index contributed by atoms with van der Waals surface area (Å²) in [6.45, 7) is 0.127. The monoisotopic (exact) mass is 468 g/mol. The maximum Gasteiger partial charge on any atom is 0.416 e. The van der Waals surface area contributed by atoms with Gasteiger partial charge in [0, 0.05) is 17.4 Å². The number of ether oxygens (including phenoxy) is 3. The molecule has 1 atom stereocenters. The fraction of sp³-hybridized carbons (Fsp3) is 0.160. The minimum atomic E-state index is -4.44. The number of halogens is 3. The molecule has 174 valence electrons. The molecule has 9 heteroatoms. The van der Waals surface area contributed by atoms with E-state index in [-0.39, 0.29) is 12.7 Å². The van der Waals surface area contributed by atoms with Crippen LogP contribution in [-0.2, 0) is 11.0 Å². The Hall–Kier alpha value is -4.14.